The number of hydrogen-bond acceptors (Lipinski definition) is 2. The molecule has 0 unspecified atom stereocenters. The minimum absolute atomic E-state index is 0.462. The molecular formula is C19H29N3O. The normalized spacial score (nSPS) is 15.2. The number of nitrogens with zero attached hydrogens (tertiary/aromatic N) is 1. The maximum Gasteiger partial charge on any atom is 0.191 e. The van der Waals surface area contributed by atoms with E-state index in [-0.39, 0.29) is 0 Å². The zero-order chi connectivity index (χ0) is 16.5. The van der Waals surface area contributed by atoms with Gasteiger partial charge in [0.1, 0.15) is 12.4 Å². The summed E-state index contributed by atoms with van der Waals surface area (Å²) in [6, 6.07) is 8.71. The van der Waals surface area contributed by atoms with Crippen molar-refractivity contribution in [3.63, 3.8) is 0 Å². The van der Waals surface area contributed by atoms with Gasteiger partial charge in [-0.15, -0.1) is 0 Å². The first-order valence-corrected chi connectivity index (χ1v) is 8.62. The number of hydrogen-bond donors (Lipinski definition) is 2. The van der Waals surface area contributed by atoms with Gasteiger partial charge in [0.2, 0.25) is 0 Å². The number of benzene rings is 1. The highest BCUT2D eigenvalue weighted by atomic mass is 16.5. The van der Waals surface area contributed by atoms with E-state index in [4.69, 9.17) is 4.74 Å². The van der Waals surface area contributed by atoms with Crippen LogP contribution in [0.1, 0.15) is 45.1 Å². The topological polar surface area (TPSA) is 45.7 Å². The number of rotatable bonds is 7. The van der Waals surface area contributed by atoms with Crippen LogP contribution >= 0.6 is 0 Å². The van der Waals surface area contributed by atoms with E-state index in [1.165, 1.54) is 5.56 Å². The Morgan fingerprint density at radius 1 is 1.26 bits per heavy atom. The molecule has 4 nitrogen and oxygen atoms in total. The Morgan fingerprint density at radius 2 is 2.00 bits per heavy atom. The minimum Gasteiger partial charge on any atom is -0.491 e. The zero-order valence-electron chi connectivity index (χ0n) is 14.5. The Bertz CT molecular complexity index is 529. The third kappa shape index (κ3) is 5.62. The van der Waals surface area contributed by atoms with E-state index in [1.807, 2.05) is 12.1 Å². The first-order valence-electron chi connectivity index (χ1n) is 8.62. The Morgan fingerprint density at radius 3 is 2.70 bits per heavy atom. The molecule has 0 heterocycles. The lowest BCUT2D eigenvalue weighted by Gasteiger charge is -2.17. The predicted octanol–water partition coefficient (Wildman–Crippen LogP) is 3.46. The van der Waals surface area contributed by atoms with Gasteiger partial charge in [-0.05, 0) is 37.3 Å². The molecule has 0 radical (unpaired) electrons. The highest BCUT2D eigenvalue weighted by molar-refractivity contribution is 5.80. The van der Waals surface area contributed by atoms with Gasteiger partial charge in [-0.25, -0.2) is 4.99 Å². The molecule has 1 aromatic carbocycles. The summed E-state index contributed by atoms with van der Waals surface area (Å²) in [6.45, 7) is 8.54. The van der Waals surface area contributed by atoms with E-state index in [0.717, 1.165) is 31.1 Å². The quantitative estimate of drug-likeness (QED) is 0.350. The van der Waals surface area contributed by atoms with Crippen molar-refractivity contribution >= 4 is 5.96 Å². The van der Waals surface area contributed by atoms with Gasteiger partial charge < -0.3 is 15.4 Å². The van der Waals surface area contributed by atoms with Gasteiger partial charge in [0.25, 0.3) is 0 Å². The summed E-state index contributed by atoms with van der Waals surface area (Å²) in [4.78, 5) is 4.61. The Hall–Kier alpha value is -1.97. The number of ether oxygens (including phenoxy) is 1. The SMILES string of the molecule is CCNC(=NCCOc1ccccc1C(C)C)NC1CC=CC1. The van der Waals surface area contributed by atoms with Gasteiger partial charge in [-0.3, -0.25) is 0 Å². The fourth-order valence-electron chi connectivity index (χ4n) is 2.65. The predicted molar refractivity (Wildman–Crippen MR) is 97.3 cm³/mol. The first-order chi connectivity index (χ1) is 11.2. The Kier molecular flexibility index (Phi) is 6.98. The van der Waals surface area contributed by atoms with Crippen LogP contribution in [-0.2, 0) is 0 Å². The van der Waals surface area contributed by atoms with Gasteiger partial charge in [0.15, 0.2) is 5.96 Å². The van der Waals surface area contributed by atoms with Crippen molar-refractivity contribution in [3.05, 3.63) is 42.0 Å². The van der Waals surface area contributed by atoms with Crippen molar-refractivity contribution in [1.82, 2.24) is 10.6 Å². The zero-order valence-corrected chi connectivity index (χ0v) is 14.5. The van der Waals surface area contributed by atoms with Crippen molar-refractivity contribution in [2.45, 2.75) is 45.6 Å². The fourth-order valence-corrected chi connectivity index (χ4v) is 2.65. The molecule has 1 aliphatic carbocycles. The molecule has 0 fully saturated rings. The van der Waals surface area contributed by atoms with Crippen molar-refractivity contribution in [2.75, 3.05) is 19.7 Å². The summed E-state index contributed by atoms with van der Waals surface area (Å²) in [6.07, 6.45) is 6.58. The van der Waals surface area contributed by atoms with Crippen molar-refractivity contribution < 1.29 is 4.74 Å². The second-order valence-corrected chi connectivity index (χ2v) is 6.09. The van der Waals surface area contributed by atoms with E-state index < -0.39 is 0 Å². The highest BCUT2D eigenvalue weighted by Gasteiger charge is 2.11. The molecule has 0 aromatic heterocycles. The van der Waals surface area contributed by atoms with Crippen LogP contribution < -0.4 is 15.4 Å². The smallest absolute Gasteiger partial charge is 0.191 e. The molecule has 2 N–H and O–H groups in total. The lowest BCUT2D eigenvalue weighted by Crippen LogP contribution is -2.42. The summed E-state index contributed by atoms with van der Waals surface area (Å²) in [5, 5.41) is 6.76. The van der Waals surface area contributed by atoms with E-state index in [9.17, 15) is 0 Å². The van der Waals surface area contributed by atoms with Crippen LogP contribution in [0.15, 0.2) is 41.4 Å². The van der Waals surface area contributed by atoms with Crippen molar-refractivity contribution in [3.8, 4) is 5.75 Å². The molecule has 23 heavy (non-hydrogen) atoms. The lowest BCUT2D eigenvalue weighted by molar-refractivity contribution is 0.323. The lowest BCUT2D eigenvalue weighted by atomic mass is 10.0. The summed E-state index contributed by atoms with van der Waals surface area (Å²) in [7, 11) is 0. The van der Waals surface area contributed by atoms with Crippen LogP contribution in [0.3, 0.4) is 0 Å². The summed E-state index contributed by atoms with van der Waals surface area (Å²) in [5.74, 6) is 2.31. The summed E-state index contributed by atoms with van der Waals surface area (Å²) in [5.41, 5.74) is 1.25. The maximum atomic E-state index is 5.92. The van der Waals surface area contributed by atoms with Crippen LogP contribution in [0.2, 0.25) is 0 Å². The Balaban J connectivity index is 1.83. The van der Waals surface area contributed by atoms with Crippen LogP contribution in [0.5, 0.6) is 5.75 Å². The molecule has 0 saturated heterocycles. The summed E-state index contributed by atoms with van der Waals surface area (Å²) >= 11 is 0. The largest absolute Gasteiger partial charge is 0.491 e. The van der Waals surface area contributed by atoms with Crippen LogP contribution in [0.25, 0.3) is 0 Å². The fraction of sp³-hybridized carbons (Fsp3) is 0.526. The van der Waals surface area contributed by atoms with E-state index in [1.54, 1.807) is 0 Å². The molecule has 1 aromatic rings. The standard InChI is InChI=1S/C19H29N3O/c1-4-20-19(22-16-9-5-6-10-16)21-13-14-23-18-12-8-7-11-17(18)15(2)3/h5-8,11-12,15-16H,4,9-10,13-14H2,1-3H3,(H2,20,21,22). The van der Waals surface area contributed by atoms with Crippen molar-refractivity contribution in [1.29, 1.82) is 0 Å². The molecule has 0 saturated carbocycles. The summed E-state index contributed by atoms with van der Waals surface area (Å²) < 4.78 is 5.92. The second kappa shape index (κ2) is 9.23. The van der Waals surface area contributed by atoms with Crippen LogP contribution in [0, 0.1) is 0 Å². The third-order valence-electron chi connectivity index (χ3n) is 3.85. The molecular weight excluding hydrogens is 286 g/mol. The van der Waals surface area contributed by atoms with Gasteiger partial charge in [-0.1, -0.05) is 44.2 Å². The number of guanidine groups is 1. The molecule has 0 atom stereocenters. The highest BCUT2D eigenvalue weighted by Crippen LogP contribution is 2.25. The molecule has 2 rings (SSSR count). The molecule has 0 spiro atoms. The third-order valence-corrected chi connectivity index (χ3v) is 3.85. The monoisotopic (exact) mass is 315 g/mol. The molecule has 0 bridgehead atoms. The molecule has 1 aliphatic rings. The molecule has 4 heteroatoms. The molecule has 0 amide bonds. The number of aliphatic imine (C=N–C) groups is 1. The van der Waals surface area contributed by atoms with Gasteiger partial charge in [0.05, 0.1) is 6.54 Å². The van der Waals surface area contributed by atoms with E-state index >= 15 is 0 Å². The van der Waals surface area contributed by atoms with Crippen LogP contribution in [0.4, 0.5) is 0 Å². The first kappa shape index (κ1) is 17.4. The van der Waals surface area contributed by atoms with Crippen molar-refractivity contribution in [2.24, 2.45) is 4.99 Å². The minimum atomic E-state index is 0.462. The van der Waals surface area contributed by atoms with Crippen LogP contribution in [-0.4, -0.2) is 31.7 Å². The second-order valence-electron chi connectivity index (χ2n) is 6.09. The molecule has 0 aliphatic heterocycles. The number of para-hydroxylation sites is 1. The average Bonchev–Trinajstić information content (AvgIpc) is 3.05. The van der Waals surface area contributed by atoms with E-state index in [0.29, 0.717) is 25.1 Å². The van der Waals surface area contributed by atoms with E-state index in [2.05, 4.69) is 60.7 Å². The van der Waals surface area contributed by atoms with Gasteiger partial charge in [-0.2, -0.15) is 0 Å². The molecule has 126 valence electrons. The number of nitrogens with one attached hydrogen (secondary N) is 2. The Labute approximate surface area is 140 Å². The van der Waals surface area contributed by atoms with Gasteiger partial charge in [0, 0.05) is 12.6 Å². The maximum absolute atomic E-state index is 5.92. The van der Waals surface area contributed by atoms with Gasteiger partial charge >= 0.3 is 0 Å². The average molecular weight is 315 g/mol.